The number of nitrogens with one attached hydrogen (secondary N) is 1. The zero-order valence-corrected chi connectivity index (χ0v) is 21.4. The van der Waals surface area contributed by atoms with Crippen LogP contribution in [-0.4, -0.2) is 20.1 Å². The number of hydrogen-bond donors (Lipinski definition) is 1. The van der Waals surface area contributed by atoms with Gasteiger partial charge < -0.3 is 24.4 Å². The first kappa shape index (κ1) is 24.7. The number of carbonyl (C=O) groups excluding carboxylic acids is 1. The first-order valence-electron chi connectivity index (χ1n) is 8.86. The summed E-state index contributed by atoms with van der Waals surface area (Å²) in [6, 6.07) is 9.52. The van der Waals surface area contributed by atoms with Crippen LogP contribution in [0.5, 0.6) is 0 Å². The predicted octanol–water partition coefficient (Wildman–Crippen LogP) is 0.148. The van der Waals surface area contributed by atoms with Crippen LogP contribution in [-0.2, 0) is 7.05 Å². The van der Waals surface area contributed by atoms with E-state index in [-0.39, 0.29) is 46.9 Å². The molecular weight excluding hydrogens is 483 g/mol. The summed E-state index contributed by atoms with van der Waals surface area (Å²) in [6.07, 6.45) is 1.65. The maximum atomic E-state index is 11.8. The molecule has 0 saturated heterocycles. The topological polar surface area (TPSA) is 92.0 Å². The van der Waals surface area contributed by atoms with E-state index in [9.17, 15) is 14.7 Å². The van der Waals surface area contributed by atoms with Crippen molar-refractivity contribution in [3.8, 4) is 0 Å². The molecule has 0 spiro atoms. The number of hydrogen-bond acceptors (Lipinski definition) is 5. The summed E-state index contributed by atoms with van der Waals surface area (Å²) in [5.41, 5.74) is 1.54. The van der Waals surface area contributed by atoms with Crippen LogP contribution in [0.1, 0.15) is 47.7 Å². The van der Waals surface area contributed by atoms with Crippen molar-refractivity contribution in [1.29, 1.82) is 0 Å². The number of anilines is 1. The molecule has 10 heteroatoms. The van der Waals surface area contributed by atoms with Crippen LogP contribution in [0, 0.1) is 0 Å². The number of carbonyl (C=O) groups is 1. The van der Waals surface area contributed by atoms with Crippen LogP contribution >= 0.6 is 27.5 Å². The average Bonchev–Trinajstić information content (AvgIpc) is 3.01. The van der Waals surface area contributed by atoms with Crippen molar-refractivity contribution in [2.75, 3.05) is 5.32 Å². The fourth-order valence-electron chi connectivity index (χ4n) is 3.14. The molecule has 0 fully saturated rings. The Labute approximate surface area is 209 Å². The van der Waals surface area contributed by atoms with Crippen LogP contribution in [0.2, 0.25) is 5.02 Å². The Bertz CT molecular complexity index is 1110. The van der Waals surface area contributed by atoms with Gasteiger partial charge in [0.25, 0.3) is 0 Å². The van der Waals surface area contributed by atoms with E-state index in [1.807, 2.05) is 26.0 Å². The quantitative estimate of drug-likeness (QED) is 0.486. The monoisotopic (exact) mass is 500 g/mol. The van der Waals surface area contributed by atoms with Gasteiger partial charge in [0.15, 0.2) is 4.73 Å². The second-order valence-corrected chi connectivity index (χ2v) is 8.01. The molecule has 1 aromatic carbocycles. The van der Waals surface area contributed by atoms with Gasteiger partial charge in [-0.15, -0.1) is 0 Å². The molecule has 3 rings (SSSR count). The molecule has 0 aliphatic rings. The minimum Gasteiger partial charge on any atom is -0.543 e. The summed E-state index contributed by atoms with van der Waals surface area (Å²) in [5, 5.41) is 15.7. The Hall–Kier alpha value is -1.58. The third kappa shape index (κ3) is 5.18. The third-order valence-electron chi connectivity index (χ3n) is 4.49. The van der Waals surface area contributed by atoms with E-state index in [1.165, 1.54) is 10.6 Å². The van der Waals surface area contributed by atoms with Crippen LogP contribution in [0.15, 0.2) is 52.1 Å². The van der Waals surface area contributed by atoms with E-state index in [0.29, 0.717) is 21.1 Å². The summed E-state index contributed by atoms with van der Waals surface area (Å²) in [6.45, 7) is 3.86. The van der Waals surface area contributed by atoms with Gasteiger partial charge in [-0.1, -0.05) is 23.7 Å². The van der Waals surface area contributed by atoms with Gasteiger partial charge in [0, 0.05) is 30.4 Å². The number of benzene rings is 1. The van der Waals surface area contributed by atoms with Crippen molar-refractivity contribution in [2.24, 2.45) is 7.05 Å². The third-order valence-corrected chi connectivity index (χ3v) is 5.30. The summed E-state index contributed by atoms with van der Waals surface area (Å²) in [7, 11) is 1.65. The first-order valence-corrected chi connectivity index (χ1v) is 10.0. The zero-order chi connectivity index (χ0) is 21.3. The molecule has 1 N–H and O–H groups in total. The van der Waals surface area contributed by atoms with Gasteiger partial charge in [0.2, 0.25) is 5.56 Å². The molecular formula is C20H19BrClN4NaO3. The molecule has 2 aromatic heterocycles. The largest absolute Gasteiger partial charge is 1.00 e. The smallest absolute Gasteiger partial charge is 0.543 e. The standard InChI is InChI=1S/C20H20BrClN4O3.Na/c1-11(2)26-18(17(19(28)29)24-20(26)21)16(12-4-6-13(22)7-5-12)23-14-8-9-15(27)25(3)10-14;/h4-11,16,23H,1-3H3,(H,28,29);/q;+1/p-1. The Morgan fingerprint density at radius 2 is 1.83 bits per heavy atom. The maximum Gasteiger partial charge on any atom is 1.00 e. The first-order chi connectivity index (χ1) is 13.7. The van der Waals surface area contributed by atoms with E-state index >= 15 is 0 Å². The summed E-state index contributed by atoms with van der Waals surface area (Å²) >= 11 is 9.40. The zero-order valence-electron chi connectivity index (χ0n) is 17.0. The molecule has 0 aliphatic carbocycles. The molecule has 0 amide bonds. The van der Waals surface area contributed by atoms with Crippen molar-refractivity contribution >= 4 is 39.2 Å². The predicted molar refractivity (Wildman–Crippen MR) is 113 cm³/mol. The van der Waals surface area contributed by atoms with Crippen LogP contribution in [0.4, 0.5) is 5.69 Å². The molecule has 0 bridgehead atoms. The van der Waals surface area contributed by atoms with Gasteiger partial charge in [-0.2, -0.15) is 0 Å². The Morgan fingerprint density at radius 1 is 1.20 bits per heavy atom. The molecule has 7 nitrogen and oxygen atoms in total. The molecule has 1 unspecified atom stereocenters. The number of aromatic carboxylic acids is 1. The second kappa shape index (κ2) is 10.2. The van der Waals surface area contributed by atoms with Gasteiger partial charge in [-0.05, 0) is 53.5 Å². The Morgan fingerprint density at radius 3 is 2.37 bits per heavy atom. The van der Waals surface area contributed by atoms with Crippen LogP contribution < -0.4 is 45.5 Å². The number of rotatable bonds is 6. The number of carboxylic acids is 1. The second-order valence-electron chi connectivity index (χ2n) is 6.86. The van der Waals surface area contributed by atoms with E-state index in [4.69, 9.17) is 11.6 Å². The van der Waals surface area contributed by atoms with E-state index in [1.54, 1.807) is 36.0 Å². The van der Waals surface area contributed by atoms with Crippen molar-refractivity contribution in [3.63, 3.8) is 0 Å². The van der Waals surface area contributed by atoms with E-state index in [0.717, 1.165) is 5.56 Å². The molecule has 0 aliphatic heterocycles. The maximum absolute atomic E-state index is 11.8. The number of halogens is 2. The Balaban J connectivity index is 0.00000320. The summed E-state index contributed by atoms with van der Waals surface area (Å²) in [5.74, 6) is -1.37. The molecule has 0 radical (unpaired) electrons. The minimum atomic E-state index is -1.37. The number of carboxylic acid groups (broad SMARTS) is 1. The molecule has 3 aromatic rings. The van der Waals surface area contributed by atoms with Crippen molar-refractivity contribution < 1.29 is 39.5 Å². The van der Waals surface area contributed by atoms with Crippen molar-refractivity contribution in [3.05, 3.63) is 79.7 Å². The van der Waals surface area contributed by atoms with Crippen molar-refractivity contribution in [1.82, 2.24) is 14.1 Å². The van der Waals surface area contributed by atoms with Gasteiger partial charge in [0.05, 0.1) is 23.4 Å². The van der Waals surface area contributed by atoms with Gasteiger partial charge in [-0.3, -0.25) is 4.79 Å². The summed E-state index contributed by atoms with van der Waals surface area (Å²) < 4.78 is 3.62. The number of imidazole rings is 1. The molecule has 30 heavy (non-hydrogen) atoms. The van der Waals surface area contributed by atoms with E-state index in [2.05, 4.69) is 26.2 Å². The SMILES string of the molecule is CC(C)n1c(Br)nc(C(=O)[O-])c1C(Nc1ccc(=O)n(C)c1)c1ccc(Cl)cc1.[Na+]. The van der Waals surface area contributed by atoms with Gasteiger partial charge in [-0.25, -0.2) is 4.98 Å². The number of nitrogens with zero attached hydrogens (tertiary/aromatic N) is 3. The molecule has 0 saturated carbocycles. The molecule has 152 valence electrons. The number of aryl methyl sites for hydroxylation is 1. The van der Waals surface area contributed by atoms with E-state index < -0.39 is 12.0 Å². The van der Waals surface area contributed by atoms with Crippen LogP contribution in [0.3, 0.4) is 0 Å². The molecule has 1 atom stereocenters. The number of aromatic nitrogens is 3. The van der Waals surface area contributed by atoms with Gasteiger partial charge in [0.1, 0.15) is 5.69 Å². The summed E-state index contributed by atoms with van der Waals surface area (Å²) in [4.78, 5) is 27.8. The number of pyridine rings is 1. The fraction of sp³-hybridized carbons (Fsp3) is 0.250. The van der Waals surface area contributed by atoms with Crippen molar-refractivity contribution in [2.45, 2.75) is 25.9 Å². The fourth-order valence-corrected chi connectivity index (χ4v) is 4.05. The van der Waals surface area contributed by atoms with Gasteiger partial charge >= 0.3 is 29.6 Å². The van der Waals surface area contributed by atoms with Crippen LogP contribution in [0.25, 0.3) is 0 Å². The molecule has 2 heterocycles. The normalized spacial score (nSPS) is 11.8. The average molecular weight is 502 g/mol. The Kier molecular flexibility index (Phi) is 8.35. The minimum absolute atomic E-state index is 0.